The van der Waals surface area contributed by atoms with Gasteiger partial charge in [-0.3, -0.25) is 4.79 Å². The van der Waals surface area contributed by atoms with Crippen molar-refractivity contribution in [2.24, 2.45) is 0 Å². The molecule has 0 aromatic heterocycles. The number of carbonyl (C=O) groups is 2. The predicted octanol–water partition coefficient (Wildman–Crippen LogP) is 2.13. The number of para-hydroxylation sites is 2. The minimum Gasteiger partial charge on any atom is -0.485 e. The maximum absolute atomic E-state index is 12.3. The summed E-state index contributed by atoms with van der Waals surface area (Å²) < 4.78 is 26.8. The lowest BCUT2D eigenvalue weighted by molar-refractivity contribution is -0.162. The highest BCUT2D eigenvalue weighted by atomic mass is 16.7. The zero-order valence-corrected chi connectivity index (χ0v) is 14.5. The van der Waals surface area contributed by atoms with Crippen LogP contribution in [0.1, 0.15) is 6.92 Å². The first kappa shape index (κ1) is 17.0. The normalized spacial score (nSPS) is 17.7. The van der Waals surface area contributed by atoms with Crippen LogP contribution in [0.25, 0.3) is 0 Å². The molecule has 0 bridgehead atoms. The quantitative estimate of drug-likeness (QED) is 0.823. The number of ether oxygens (including phenoxy) is 5. The molecule has 2 heterocycles. The molecule has 2 aliphatic rings. The molecule has 0 radical (unpaired) electrons. The Morgan fingerprint density at radius 3 is 2.63 bits per heavy atom. The molecule has 0 fully saturated rings. The van der Waals surface area contributed by atoms with Gasteiger partial charge in [0.25, 0.3) is 5.91 Å². The SMILES string of the molecule is C[C@@H](OC(=O)[C@@H]1COc2ccccc2O1)C(=O)Nc1ccc2c(c1)OCO2. The molecule has 1 amide bonds. The van der Waals surface area contributed by atoms with E-state index in [1.807, 2.05) is 6.07 Å². The van der Waals surface area contributed by atoms with Crippen LogP contribution in [0.2, 0.25) is 0 Å². The van der Waals surface area contributed by atoms with Gasteiger partial charge in [-0.15, -0.1) is 0 Å². The van der Waals surface area contributed by atoms with Gasteiger partial charge in [0.1, 0.15) is 6.61 Å². The minimum absolute atomic E-state index is 0.0202. The molecule has 2 aromatic carbocycles. The fourth-order valence-corrected chi connectivity index (χ4v) is 2.66. The predicted molar refractivity (Wildman–Crippen MR) is 93.1 cm³/mol. The topological polar surface area (TPSA) is 92.3 Å². The fraction of sp³-hybridized carbons (Fsp3) is 0.263. The average molecular weight is 371 g/mol. The van der Waals surface area contributed by atoms with Gasteiger partial charge in [0.15, 0.2) is 29.1 Å². The number of amides is 1. The van der Waals surface area contributed by atoms with Gasteiger partial charge in [0, 0.05) is 11.8 Å². The third-order valence-corrected chi connectivity index (χ3v) is 4.07. The molecule has 0 aliphatic carbocycles. The molecule has 2 aliphatic heterocycles. The molecule has 140 valence electrons. The van der Waals surface area contributed by atoms with E-state index in [9.17, 15) is 9.59 Å². The number of benzene rings is 2. The fourth-order valence-electron chi connectivity index (χ4n) is 2.66. The summed E-state index contributed by atoms with van der Waals surface area (Å²) in [6, 6.07) is 12.0. The number of nitrogens with one attached hydrogen (secondary N) is 1. The van der Waals surface area contributed by atoms with Crippen LogP contribution >= 0.6 is 0 Å². The molecular weight excluding hydrogens is 354 g/mol. The Bertz CT molecular complexity index is 882. The number of hydrogen-bond donors (Lipinski definition) is 1. The minimum atomic E-state index is -1.01. The highest BCUT2D eigenvalue weighted by Crippen LogP contribution is 2.34. The van der Waals surface area contributed by atoms with Crippen molar-refractivity contribution in [3.63, 3.8) is 0 Å². The first-order valence-corrected chi connectivity index (χ1v) is 8.39. The Morgan fingerprint density at radius 2 is 1.78 bits per heavy atom. The van der Waals surface area contributed by atoms with Crippen molar-refractivity contribution < 1.29 is 33.3 Å². The van der Waals surface area contributed by atoms with Crippen LogP contribution in [0.3, 0.4) is 0 Å². The zero-order valence-electron chi connectivity index (χ0n) is 14.5. The van der Waals surface area contributed by atoms with Crippen molar-refractivity contribution >= 4 is 17.6 Å². The van der Waals surface area contributed by atoms with Crippen LogP contribution < -0.4 is 24.3 Å². The summed E-state index contributed by atoms with van der Waals surface area (Å²) in [6.45, 7) is 1.65. The Hall–Kier alpha value is -3.42. The van der Waals surface area contributed by atoms with Crippen molar-refractivity contribution in [1.82, 2.24) is 0 Å². The maximum atomic E-state index is 12.3. The van der Waals surface area contributed by atoms with Crippen molar-refractivity contribution in [1.29, 1.82) is 0 Å². The van der Waals surface area contributed by atoms with Crippen LogP contribution in [0.5, 0.6) is 23.0 Å². The zero-order chi connectivity index (χ0) is 18.8. The van der Waals surface area contributed by atoms with Gasteiger partial charge in [-0.2, -0.15) is 0 Å². The van der Waals surface area contributed by atoms with E-state index in [4.69, 9.17) is 23.7 Å². The summed E-state index contributed by atoms with van der Waals surface area (Å²) >= 11 is 0. The first-order valence-electron chi connectivity index (χ1n) is 8.39. The van der Waals surface area contributed by atoms with Gasteiger partial charge in [-0.05, 0) is 31.2 Å². The maximum Gasteiger partial charge on any atom is 0.351 e. The van der Waals surface area contributed by atoms with Crippen molar-refractivity contribution in [2.45, 2.75) is 19.1 Å². The van der Waals surface area contributed by atoms with Crippen LogP contribution in [0, 0.1) is 0 Å². The Balaban J connectivity index is 1.34. The summed E-state index contributed by atoms with van der Waals surface area (Å²) in [5.41, 5.74) is 0.512. The van der Waals surface area contributed by atoms with Crippen molar-refractivity contribution in [3.05, 3.63) is 42.5 Å². The summed E-state index contributed by atoms with van der Waals surface area (Å²) in [4.78, 5) is 24.6. The van der Waals surface area contributed by atoms with E-state index in [0.717, 1.165) is 0 Å². The largest absolute Gasteiger partial charge is 0.485 e. The van der Waals surface area contributed by atoms with Gasteiger partial charge < -0.3 is 29.0 Å². The van der Waals surface area contributed by atoms with Gasteiger partial charge in [-0.25, -0.2) is 4.79 Å². The second-order valence-corrected chi connectivity index (χ2v) is 6.00. The highest BCUT2D eigenvalue weighted by Gasteiger charge is 2.31. The van der Waals surface area contributed by atoms with Gasteiger partial charge in [0.2, 0.25) is 12.9 Å². The lowest BCUT2D eigenvalue weighted by Crippen LogP contribution is -2.41. The van der Waals surface area contributed by atoms with E-state index in [1.54, 1.807) is 36.4 Å². The summed E-state index contributed by atoms with van der Waals surface area (Å²) in [5.74, 6) is 1.04. The van der Waals surface area contributed by atoms with Crippen molar-refractivity contribution in [3.8, 4) is 23.0 Å². The summed E-state index contributed by atoms with van der Waals surface area (Å²) in [7, 11) is 0. The standard InChI is InChI=1S/C19H17NO7/c1-11(18(21)20-12-6-7-14-16(8-12)25-10-24-14)26-19(22)17-9-23-13-4-2-3-5-15(13)27-17/h2-8,11,17H,9-10H2,1H3,(H,20,21)/t11-,17+/m1/s1. The number of fused-ring (bicyclic) bond motifs is 2. The number of anilines is 1. The second kappa shape index (κ2) is 7.06. The van der Waals surface area contributed by atoms with Gasteiger partial charge >= 0.3 is 5.97 Å². The number of rotatable bonds is 4. The van der Waals surface area contributed by atoms with Crippen molar-refractivity contribution in [2.75, 3.05) is 18.7 Å². The molecule has 2 aromatic rings. The van der Waals surface area contributed by atoms with E-state index < -0.39 is 24.1 Å². The summed E-state index contributed by atoms with van der Waals surface area (Å²) in [6.07, 6.45) is -1.94. The van der Waals surface area contributed by atoms with Gasteiger partial charge in [-0.1, -0.05) is 12.1 Å². The third-order valence-electron chi connectivity index (χ3n) is 4.07. The first-order chi connectivity index (χ1) is 13.1. The molecule has 4 rings (SSSR count). The molecule has 0 saturated carbocycles. The van der Waals surface area contributed by atoms with E-state index >= 15 is 0 Å². The van der Waals surface area contributed by atoms with E-state index in [-0.39, 0.29) is 13.4 Å². The smallest absolute Gasteiger partial charge is 0.351 e. The second-order valence-electron chi connectivity index (χ2n) is 6.00. The molecule has 27 heavy (non-hydrogen) atoms. The van der Waals surface area contributed by atoms with Gasteiger partial charge in [0.05, 0.1) is 0 Å². The molecular formula is C19H17NO7. The van der Waals surface area contributed by atoms with Crippen LogP contribution in [0.4, 0.5) is 5.69 Å². The molecule has 0 saturated heterocycles. The third kappa shape index (κ3) is 3.59. The molecule has 8 heteroatoms. The Morgan fingerprint density at radius 1 is 1.04 bits per heavy atom. The average Bonchev–Trinajstić information content (AvgIpc) is 3.15. The Labute approximate surface area is 154 Å². The van der Waals surface area contributed by atoms with E-state index in [0.29, 0.717) is 28.7 Å². The number of carbonyl (C=O) groups excluding carboxylic acids is 2. The lowest BCUT2D eigenvalue weighted by atomic mass is 10.2. The number of hydrogen-bond acceptors (Lipinski definition) is 7. The van der Waals surface area contributed by atoms with E-state index in [2.05, 4.69) is 5.32 Å². The lowest BCUT2D eigenvalue weighted by Gasteiger charge is -2.25. The number of esters is 1. The molecule has 1 N–H and O–H groups in total. The highest BCUT2D eigenvalue weighted by molar-refractivity contribution is 5.95. The van der Waals surface area contributed by atoms with Crippen LogP contribution in [-0.4, -0.2) is 37.5 Å². The molecule has 2 atom stereocenters. The van der Waals surface area contributed by atoms with Crippen LogP contribution in [-0.2, 0) is 14.3 Å². The molecule has 0 unspecified atom stereocenters. The molecule has 8 nitrogen and oxygen atoms in total. The molecule has 0 spiro atoms. The van der Waals surface area contributed by atoms with Crippen LogP contribution in [0.15, 0.2) is 42.5 Å². The Kier molecular flexibility index (Phi) is 4.45. The van der Waals surface area contributed by atoms with E-state index in [1.165, 1.54) is 6.92 Å². The monoisotopic (exact) mass is 371 g/mol. The summed E-state index contributed by atoms with van der Waals surface area (Å²) in [5, 5.41) is 2.67.